The van der Waals surface area contributed by atoms with Crippen molar-refractivity contribution in [1.29, 1.82) is 0 Å². The van der Waals surface area contributed by atoms with Crippen LogP contribution in [0.1, 0.15) is 143 Å². The number of aliphatic hydroxyl groups is 4. The van der Waals surface area contributed by atoms with Crippen LogP contribution in [-0.2, 0) is 38.0 Å². The maximum atomic E-state index is 12.4. The molecule has 2 fully saturated rings. The van der Waals surface area contributed by atoms with E-state index >= 15 is 0 Å². The normalized spacial score (nSPS) is 30.7. The molecule has 2 saturated heterocycles. The molecule has 2 rings (SSSR count). The minimum absolute atomic E-state index is 0.155. The largest absolute Gasteiger partial charge is 0.463 e. The summed E-state index contributed by atoms with van der Waals surface area (Å²) in [5, 5.41) is 43.4. The Bertz CT molecular complexity index is 859. The monoisotopic (exact) mass is 690 g/mol. The van der Waals surface area contributed by atoms with Gasteiger partial charge in [-0.25, -0.2) is 0 Å². The van der Waals surface area contributed by atoms with Gasteiger partial charge in [0, 0.05) is 19.4 Å². The van der Waals surface area contributed by atoms with Gasteiger partial charge in [-0.05, 0) is 26.2 Å². The first-order valence-electron chi connectivity index (χ1n) is 18.8. The van der Waals surface area contributed by atoms with Gasteiger partial charge in [0.1, 0.15) is 43.2 Å². The second kappa shape index (κ2) is 24.7. The van der Waals surface area contributed by atoms with Crippen LogP contribution in [0.4, 0.5) is 0 Å². The van der Waals surface area contributed by atoms with Gasteiger partial charge in [0.05, 0.1) is 6.10 Å². The van der Waals surface area contributed by atoms with Crippen LogP contribution in [-0.4, -0.2) is 107 Å². The van der Waals surface area contributed by atoms with Crippen molar-refractivity contribution in [2.75, 3.05) is 13.2 Å². The molecule has 0 radical (unpaired) electrons. The standard InChI is InChI=1S/C36H66O12/c1-5-8-10-11-12-13-14-15-16-17-18-19-20-22-27(37)44-24-26-29(39)30(40)34(36(46-26)43-23-9-6-2)48-35-32(42)31(41)33(25(4)45-35)47-28(38)21-7-3/h25-26,29-36,39-42H,5-24H2,1-4H3/t25?,26?,29-,30+,31-,32?,33+,34?,35+,36-/m1/s1. The Morgan fingerprint density at radius 3 is 1.73 bits per heavy atom. The molecule has 2 heterocycles. The van der Waals surface area contributed by atoms with Crippen LogP contribution in [0.15, 0.2) is 0 Å². The van der Waals surface area contributed by atoms with E-state index < -0.39 is 73.4 Å². The first kappa shape index (κ1) is 42.8. The Kier molecular flexibility index (Phi) is 22.0. The molecular weight excluding hydrogens is 624 g/mol. The number of hydrogen-bond acceptors (Lipinski definition) is 12. The summed E-state index contributed by atoms with van der Waals surface area (Å²) in [5.74, 6) is -0.927. The average Bonchev–Trinajstić information content (AvgIpc) is 3.06. The van der Waals surface area contributed by atoms with Gasteiger partial charge in [0.2, 0.25) is 0 Å². The van der Waals surface area contributed by atoms with Gasteiger partial charge < -0.3 is 48.8 Å². The second-order valence-corrected chi connectivity index (χ2v) is 13.4. The van der Waals surface area contributed by atoms with E-state index in [2.05, 4.69) is 6.92 Å². The van der Waals surface area contributed by atoms with Gasteiger partial charge in [-0.3, -0.25) is 9.59 Å². The highest BCUT2D eigenvalue weighted by Gasteiger charge is 2.51. The summed E-state index contributed by atoms with van der Waals surface area (Å²) in [5.41, 5.74) is 0. The molecule has 12 nitrogen and oxygen atoms in total. The third-order valence-corrected chi connectivity index (χ3v) is 9.11. The highest BCUT2D eigenvalue weighted by Crippen LogP contribution is 2.31. The van der Waals surface area contributed by atoms with Crippen molar-refractivity contribution in [2.45, 2.75) is 205 Å². The fourth-order valence-corrected chi connectivity index (χ4v) is 6.05. The first-order chi connectivity index (χ1) is 23.1. The summed E-state index contributed by atoms with van der Waals surface area (Å²) < 4.78 is 34.1. The predicted molar refractivity (Wildman–Crippen MR) is 179 cm³/mol. The molecular formula is C36H66O12. The smallest absolute Gasteiger partial charge is 0.306 e. The maximum Gasteiger partial charge on any atom is 0.306 e. The Hall–Kier alpha value is -1.38. The summed E-state index contributed by atoms with van der Waals surface area (Å²) in [7, 11) is 0. The molecule has 0 aliphatic carbocycles. The summed E-state index contributed by atoms with van der Waals surface area (Å²) in [4.78, 5) is 24.5. The van der Waals surface area contributed by atoms with Crippen LogP contribution in [0.3, 0.4) is 0 Å². The first-order valence-corrected chi connectivity index (χ1v) is 18.8. The summed E-state index contributed by atoms with van der Waals surface area (Å²) in [6.45, 7) is 7.59. The van der Waals surface area contributed by atoms with Crippen LogP contribution in [0.5, 0.6) is 0 Å². The molecule has 0 aromatic carbocycles. The van der Waals surface area contributed by atoms with E-state index in [0.29, 0.717) is 12.8 Å². The lowest BCUT2D eigenvalue weighted by atomic mass is 9.97. The molecule has 2 aliphatic heterocycles. The van der Waals surface area contributed by atoms with E-state index in [4.69, 9.17) is 28.4 Å². The lowest BCUT2D eigenvalue weighted by molar-refractivity contribution is -0.365. The molecule has 4 unspecified atom stereocenters. The van der Waals surface area contributed by atoms with Gasteiger partial charge in [-0.15, -0.1) is 0 Å². The van der Waals surface area contributed by atoms with Crippen LogP contribution in [0, 0.1) is 0 Å². The lowest BCUT2D eigenvalue weighted by Gasteiger charge is -2.46. The second-order valence-electron chi connectivity index (χ2n) is 13.4. The van der Waals surface area contributed by atoms with E-state index in [-0.39, 0.29) is 26.1 Å². The molecule has 0 aromatic heterocycles. The Morgan fingerprint density at radius 1 is 0.583 bits per heavy atom. The molecule has 0 saturated carbocycles. The number of rotatable bonds is 25. The van der Waals surface area contributed by atoms with E-state index in [1.54, 1.807) is 6.92 Å². The highest BCUT2D eigenvalue weighted by atomic mass is 16.8. The van der Waals surface area contributed by atoms with Crippen molar-refractivity contribution in [3.63, 3.8) is 0 Å². The van der Waals surface area contributed by atoms with E-state index in [1.807, 2.05) is 13.8 Å². The third kappa shape index (κ3) is 15.2. The van der Waals surface area contributed by atoms with Gasteiger partial charge >= 0.3 is 11.9 Å². The van der Waals surface area contributed by atoms with Crippen molar-refractivity contribution in [1.82, 2.24) is 0 Å². The molecule has 48 heavy (non-hydrogen) atoms. The van der Waals surface area contributed by atoms with Crippen LogP contribution in [0.25, 0.3) is 0 Å². The number of hydrogen-bond donors (Lipinski definition) is 4. The molecule has 0 spiro atoms. The molecule has 10 atom stereocenters. The zero-order valence-corrected chi connectivity index (χ0v) is 30.0. The number of unbranched alkanes of at least 4 members (excludes halogenated alkanes) is 13. The lowest BCUT2D eigenvalue weighted by Crippen LogP contribution is -2.64. The van der Waals surface area contributed by atoms with Crippen LogP contribution in [0.2, 0.25) is 0 Å². The van der Waals surface area contributed by atoms with Crippen LogP contribution >= 0.6 is 0 Å². The molecule has 12 heteroatoms. The topological polar surface area (TPSA) is 170 Å². The van der Waals surface area contributed by atoms with Crippen molar-refractivity contribution >= 4 is 11.9 Å². The minimum atomic E-state index is -1.63. The van der Waals surface area contributed by atoms with Gasteiger partial charge in [0.15, 0.2) is 18.7 Å². The average molecular weight is 691 g/mol. The summed E-state index contributed by atoms with van der Waals surface area (Å²) >= 11 is 0. The Balaban J connectivity index is 1.79. The van der Waals surface area contributed by atoms with Gasteiger partial charge in [-0.1, -0.05) is 104 Å². The molecule has 0 bridgehead atoms. The SMILES string of the molecule is CCCCCCCCCCCCCCCC(=O)OCC1O[C@@H](OCCCC)C(O[C@@H]2OC(C)[C@H](OC(=O)CCC)[C@H](O)C2O)[C@@H](O)[C@@H]1O. The highest BCUT2D eigenvalue weighted by molar-refractivity contribution is 5.69. The fourth-order valence-electron chi connectivity index (χ4n) is 6.05. The van der Waals surface area contributed by atoms with Crippen LogP contribution < -0.4 is 0 Å². The summed E-state index contributed by atoms with van der Waals surface area (Å²) in [6.07, 6.45) is 5.01. The number of aliphatic hydroxyl groups excluding tert-OH is 4. The van der Waals surface area contributed by atoms with Crippen molar-refractivity contribution in [3.05, 3.63) is 0 Å². The Labute approximate surface area is 288 Å². The number of carbonyl (C=O) groups is 2. The molecule has 0 amide bonds. The van der Waals surface area contributed by atoms with Crippen molar-refractivity contribution in [2.24, 2.45) is 0 Å². The van der Waals surface area contributed by atoms with Gasteiger partial charge in [-0.2, -0.15) is 0 Å². The molecule has 282 valence electrons. The number of carbonyl (C=O) groups excluding carboxylic acids is 2. The number of ether oxygens (including phenoxy) is 6. The van der Waals surface area contributed by atoms with E-state index in [0.717, 1.165) is 25.7 Å². The molecule has 4 N–H and O–H groups in total. The fraction of sp³-hybridized carbons (Fsp3) is 0.944. The zero-order chi connectivity index (χ0) is 35.3. The predicted octanol–water partition coefficient (Wildman–Crippen LogP) is 4.84. The zero-order valence-electron chi connectivity index (χ0n) is 30.0. The Morgan fingerprint density at radius 2 is 1.15 bits per heavy atom. The number of esters is 2. The third-order valence-electron chi connectivity index (χ3n) is 9.11. The molecule has 2 aliphatic rings. The molecule has 0 aromatic rings. The van der Waals surface area contributed by atoms with E-state index in [9.17, 15) is 30.0 Å². The van der Waals surface area contributed by atoms with E-state index in [1.165, 1.54) is 64.2 Å². The van der Waals surface area contributed by atoms with Crippen molar-refractivity contribution in [3.8, 4) is 0 Å². The maximum absolute atomic E-state index is 12.4. The van der Waals surface area contributed by atoms with Crippen molar-refractivity contribution < 1.29 is 58.4 Å². The quantitative estimate of drug-likeness (QED) is 0.0761. The summed E-state index contributed by atoms with van der Waals surface area (Å²) in [6, 6.07) is 0. The van der Waals surface area contributed by atoms with Gasteiger partial charge in [0.25, 0.3) is 0 Å². The minimum Gasteiger partial charge on any atom is -0.463 e.